The number of allylic oxidation sites excluding steroid dienone is 1. The van der Waals surface area contributed by atoms with Gasteiger partial charge in [-0.2, -0.15) is 0 Å². The molecule has 1 N–H and O–H groups in total. The highest BCUT2D eigenvalue weighted by Gasteiger charge is 2.19. The molecule has 0 aromatic heterocycles. The van der Waals surface area contributed by atoms with Crippen LogP contribution < -0.4 is 0 Å². The van der Waals surface area contributed by atoms with Gasteiger partial charge in [-0.1, -0.05) is 38.7 Å². The van der Waals surface area contributed by atoms with Crippen LogP contribution in [0, 0.1) is 0 Å². The number of nitrogens with zero attached hydrogens (tertiary/aromatic N) is 1. The van der Waals surface area contributed by atoms with Crippen molar-refractivity contribution >= 4 is 5.91 Å². The Labute approximate surface area is 111 Å². The van der Waals surface area contributed by atoms with Gasteiger partial charge in [0.2, 0.25) is 5.91 Å². The van der Waals surface area contributed by atoms with Crippen molar-refractivity contribution in [1.82, 2.24) is 4.90 Å². The number of carbonyl (C=O) groups excluding carboxylic acids is 1. The van der Waals surface area contributed by atoms with Gasteiger partial charge >= 0.3 is 0 Å². The fourth-order valence-electron chi connectivity index (χ4n) is 2.24. The van der Waals surface area contributed by atoms with Gasteiger partial charge in [-0.15, -0.1) is 0 Å². The largest absolute Gasteiger partial charge is 0.393 e. The van der Waals surface area contributed by atoms with Gasteiger partial charge in [0, 0.05) is 13.1 Å². The molecule has 0 radical (unpaired) electrons. The van der Waals surface area contributed by atoms with Crippen LogP contribution in [0.5, 0.6) is 0 Å². The molecule has 3 nitrogen and oxygen atoms in total. The van der Waals surface area contributed by atoms with E-state index in [2.05, 4.69) is 6.92 Å². The van der Waals surface area contributed by atoms with Gasteiger partial charge in [0.15, 0.2) is 0 Å². The molecule has 1 aliphatic rings. The Hall–Kier alpha value is -0.830. The minimum atomic E-state index is -0.211. The average molecular weight is 253 g/mol. The van der Waals surface area contributed by atoms with Gasteiger partial charge in [-0.05, 0) is 31.8 Å². The Morgan fingerprint density at radius 1 is 1.22 bits per heavy atom. The minimum Gasteiger partial charge on any atom is -0.393 e. The minimum absolute atomic E-state index is 0.107. The van der Waals surface area contributed by atoms with Crippen molar-refractivity contribution in [2.75, 3.05) is 13.1 Å². The molecular formula is C15H27NO2. The van der Waals surface area contributed by atoms with Crippen molar-refractivity contribution in [1.29, 1.82) is 0 Å². The highest BCUT2D eigenvalue weighted by atomic mass is 16.3. The second kappa shape index (κ2) is 9.15. The first kappa shape index (κ1) is 15.2. The Kier molecular flexibility index (Phi) is 7.74. The molecule has 0 unspecified atom stereocenters. The highest BCUT2D eigenvalue weighted by molar-refractivity contribution is 5.87. The van der Waals surface area contributed by atoms with Crippen LogP contribution in [0.2, 0.25) is 0 Å². The number of hydrogen-bond donors (Lipinski definition) is 1. The summed E-state index contributed by atoms with van der Waals surface area (Å²) in [5.74, 6) is 0.107. The molecule has 3 heteroatoms. The zero-order valence-electron chi connectivity index (χ0n) is 11.6. The summed E-state index contributed by atoms with van der Waals surface area (Å²) in [5.41, 5.74) is 0. The number of rotatable bonds is 7. The van der Waals surface area contributed by atoms with Crippen LogP contribution in [0.4, 0.5) is 0 Å². The molecule has 0 aromatic carbocycles. The van der Waals surface area contributed by atoms with E-state index in [0.29, 0.717) is 13.1 Å². The number of hydrogen-bond acceptors (Lipinski definition) is 2. The molecule has 104 valence electrons. The van der Waals surface area contributed by atoms with Crippen molar-refractivity contribution in [2.45, 2.75) is 64.4 Å². The van der Waals surface area contributed by atoms with Crippen molar-refractivity contribution < 1.29 is 9.90 Å². The standard InChI is InChI=1S/C15H27NO2/c1-2-3-4-5-6-7-8-9-15(18)16-12-10-14(17)11-13-16/h8-9,14,17H,2-7,10-13H2,1H3. The molecule has 0 spiro atoms. The Bertz CT molecular complexity index is 255. The lowest BCUT2D eigenvalue weighted by atomic mass is 10.1. The molecule has 1 fully saturated rings. The second-order valence-electron chi connectivity index (χ2n) is 5.16. The molecule has 1 saturated heterocycles. The monoisotopic (exact) mass is 253 g/mol. The third kappa shape index (κ3) is 6.20. The molecule has 1 aliphatic heterocycles. The van der Waals surface area contributed by atoms with Crippen LogP contribution in [-0.4, -0.2) is 35.1 Å². The molecule has 0 bridgehead atoms. The van der Waals surface area contributed by atoms with Crippen LogP contribution in [0.3, 0.4) is 0 Å². The Morgan fingerprint density at radius 3 is 2.56 bits per heavy atom. The number of aliphatic hydroxyl groups excluding tert-OH is 1. The summed E-state index contributed by atoms with van der Waals surface area (Å²) in [6, 6.07) is 0. The van der Waals surface area contributed by atoms with E-state index in [-0.39, 0.29) is 12.0 Å². The number of unbranched alkanes of at least 4 members (excludes halogenated alkanes) is 5. The van der Waals surface area contributed by atoms with E-state index in [0.717, 1.165) is 19.3 Å². The summed E-state index contributed by atoms with van der Waals surface area (Å²) >= 11 is 0. The number of likely N-dealkylation sites (tertiary alicyclic amines) is 1. The summed E-state index contributed by atoms with van der Waals surface area (Å²) in [6.07, 6.45) is 12.3. The van der Waals surface area contributed by atoms with Crippen molar-refractivity contribution in [2.24, 2.45) is 0 Å². The lowest BCUT2D eigenvalue weighted by Gasteiger charge is -2.28. The maximum Gasteiger partial charge on any atom is 0.246 e. The van der Waals surface area contributed by atoms with E-state index in [1.54, 1.807) is 6.08 Å². The average Bonchev–Trinajstić information content (AvgIpc) is 2.38. The molecule has 1 rings (SSSR count). The first-order chi connectivity index (χ1) is 8.74. The van der Waals surface area contributed by atoms with Crippen LogP contribution in [0.25, 0.3) is 0 Å². The maximum atomic E-state index is 11.8. The molecular weight excluding hydrogens is 226 g/mol. The van der Waals surface area contributed by atoms with Gasteiger partial charge in [0.1, 0.15) is 0 Å². The van der Waals surface area contributed by atoms with Crippen LogP contribution in [-0.2, 0) is 4.79 Å². The maximum absolute atomic E-state index is 11.8. The molecule has 1 heterocycles. The lowest BCUT2D eigenvalue weighted by Crippen LogP contribution is -2.39. The fraction of sp³-hybridized carbons (Fsp3) is 0.800. The summed E-state index contributed by atoms with van der Waals surface area (Å²) in [6.45, 7) is 3.61. The zero-order valence-corrected chi connectivity index (χ0v) is 11.6. The number of piperidine rings is 1. The highest BCUT2D eigenvalue weighted by Crippen LogP contribution is 2.10. The van der Waals surface area contributed by atoms with Gasteiger partial charge in [0.25, 0.3) is 0 Å². The number of aliphatic hydroxyl groups is 1. The number of amides is 1. The van der Waals surface area contributed by atoms with Crippen LogP contribution in [0.15, 0.2) is 12.2 Å². The first-order valence-corrected chi connectivity index (χ1v) is 7.37. The smallest absolute Gasteiger partial charge is 0.246 e. The van der Waals surface area contributed by atoms with Gasteiger partial charge in [-0.3, -0.25) is 4.79 Å². The van der Waals surface area contributed by atoms with E-state index in [4.69, 9.17) is 0 Å². The predicted octanol–water partition coefficient (Wildman–Crippen LogP) is 2.89. The van der Waals surface area contributed by atoms with E-state index in [9.17, 15) is 9.90 Å². The Balaban J connectivity index is 2.08. The first-order valence-electron chi connectivity index (χ1n) is 7.37. The molecule has 0 atom stereocenters. The normalized spacial score (nSPS) is 17.6. The zero-order chi connectivity index (χ0) is 13.2. The summed E-state index contributed by atoms with van der Waals surface area (Å²) in [4.78, 5) is 13.6. The predicted molar refractivity (Wildman–Crippen MR) is 74.3 cm³/mol. The lowest BCUT2D eigenvalue weighted by molar-refractivity contribution is -0.127. The number of carbonyl (C=O) groups is 1. The van der Waals surface area contributed by atoms with Gasteiger partial charge in [0.05, 0.1) is 6.10 Å². The summed E-state index contributed by atoms with van der Waals surface area (Å²) < 4.78 is 0. The van der Waals surface area contributed by atoms with Crippen LogP contribution in [0.1, 0.15) is 58.3 Å². The summed E-state index contributed by atoms with van der Waals surface area (Å²) in [7, 11) is 0. The quantitative estimate of drug-likeness (QED) is 0.560. The van der Waals surface area contributed by atoms with Crippen molar-refractivity contribution in [3.05, 3.63) is 12.2 Å². The SMILES string of the molecule is CCCCCCCC=CC(=O)N1CCC(O)CC1. The topological polar surface area (TPSA) is 40.5 Å². The van der Waals surface area contributed by atoms with Crippen LogP contribution >= 0.6 is 0 Å². The van der Waals surface area contributed by atoms with Crippen molar-refractivity contribution in [3.8, 4) is 0 Å². The second-order valence-corrected chi connectivity index (χ2v) is 5.16. The molecule has 18 heavy (non-hydrogen) atoms. The Morgan fingerprint density at radius 2 is 1.89 bits per heavy atom. The summed E-state index contributed by atoms with van der Waals surface area (Å²) in [5, 5.41) is 9.37. The molecule has 1 amide bonds. The fourth-order valence-corrected chi connectivity index (χ4v) is 2.24. The van der Waals surface area contributed by atoms with Gasteiger partial charge < -0.3 is 10.0 Å². The third-order valence-electron chi connectivity index (χ3n) is 3.51. The van der Waals surface area contributed by atoms with Crippen molar-refractivity contribution in [3.63, 3.8) is 0 Å². The van der Waals surface area contributed by atoms with E-state index >= 15 is 0 Å². The van der Waals surface area contributed by atoms with Gasteiger partial charge in [-0.25, -0.2) is 0 Å². The van der Waals surface area contributed by atoms with E-state index in [1.807, 2.05) is 11.0 Å². The van der Waals surface area contributed by atoms with E-state index < -0.39 is 0 Å². The molecule has 0 saturated carbocycles. The molecule has 0 aliphatic carbocycles. The van der Waals surface area contributed by atoms with E-state index in [1.165, 1.54) is 32.1 Å². The molecule has 0 aromatic rings. The third-order valence-corrected chi connectivity index (χ3v) is 3.51.